The van der Waals surface area contributed by atoms with Gasteiger partial charge in [0.05, 0.1) is 12.5 Å². The molecule has 0 aromatic heterocycles. The molecule has 3 atom stereocenters. The van der Waals surface area contributed by atoms with Gasteiger partial charge in [0.25, 0.3) is 0 Å². The molecule has 2 rings (SSSR count). The molecule has 2 bridgehead atoms. The van der Waals surface area contributed by atoms with Crippen molar-refractivity contribution in [3.63, 3.8) is 0 Å². The number of carboxylic acid groups (broad SMARTS) is 1. The molecule has 0 aliphatic heterocycles. The molecule has 84 valence electrons. The van der Waals surface area contributed by atoms with E-state index in [1.165, 1.54) is 5.57 Å². The standard InChI is InChI=1S/C12H18O3/c1-2-15-4-3-8-5-10-6-9(8)7-11(10)12(13)14/h3,9-11H,2,4-7H2,1H3,(H,13,14). The maximum absolute atomic E-state index is 10.9. The number of allylic oxidation sites excluding steroid dienone is 1. The van der Waals surface area contributed by atoms with Gasteiger partial charge < -0.3 is 9.84 Å². The third-order valence-corrected chi connectivity index (χ3v) is 3.70. The van der Waals surface area contributed by atoms with Crippen molar-refractivity contribution in [3.05, 3.63) is 11.6 Å². The summed E-state index contributed by atoms with van der Waals surface area (Å²) < 4.78 is 5.28. The van der Waals surface area contributed by atoms with Crippen LogP contribution < -0.4 is 0 Å². The highest BCUT2D eigenvalue weighted by Gasteiger charge is 2.45. The van der Waals surface area contributed by atoms with Gasteiger partial charge in [0.2, 0.25) is 0 Å². The van der Waals surface area contributed by atoms with Crippen LogP contribution in [0.15, 0.2) is 11.6 Å². The van der Waals surface area contributed by atoms with Crippen molar-refractivity contribution in [1.82, 2.24) is 0 Å². The van der Waals surface area contributed by atoms with Crippen molar-refractivity contribution in [3.8, 4) is 0 Å². The second-order valence-corrected chi connectivity index (χ2v) is 4.52. The number of aliphatic carboxylic acids is 1. The molecule has 0 radical (unpaired) electrons. The first kappa shape index (κ1) is 10.7. The summed E-state index contributed by atoms with van der Waals surface area (Å²) in [7, 11) is 0. The summed E-state index contributed by atoms with van der Waals surface area (Å²) in [4.78, 5) is 10.9. The molecule has 2 aliphatic rings. The predicted molar refractivity (Wildman–Crippen MR) is 56.5 cm³/mol. The third kappa shape index (κ3) is 2.07. The minimum Gasteiger partial charge on any atom is -0.481 e. The lowest BCUT2D eigenvalue weighted by Crippen LogP contribution is -2.21. The van der Waals surface area contributed by atoms with Gasteiger partial charge in [-0.3, -0.25) is 4.79 Å². The number of fused-ring (bicyclic) bond motifs is 2. The fourth-order valence-electron chi connectivity index (χ4n) is 2.96. The first-order valence-electron chi connectivity index (χ1n) is 5.71. The fourth-order valence-corrected chi connectivity index (χ4v) is 2.96. The van der Waals surface area contributed by atoms with Gasteiger partial charge in [-0.25, -0.2) is 0 Å². The second-order valence-electron chi connectivity index (χ2n) is 4.52. The zero-order valence-corrected chi connectivity index (χ0v) is 9.11. The Hall–Kier alpha value is -0.830. The lowest BCUT2D eigenvalue weighted by Gasteiger charge is -2.19. The van der Waals surface area contributed by atoms with Gasteiger partial charge >= 0.3 is 5.97 Å². The van der Waals surface area contributed by atoms with Gasteiger partial charge in [-0.2, -0.15) is 0 Å². The molecule has 0 saturated heterocycles. The fraction of sp³-hybridized carbons (Fsp3) is 0.750. The Bertz CT molecular complexity index is 283. The molecule has 0 aromatic rings. The van der Waals surface area contributed by atoms with Crippen LogP contribution in [0.3, 0.4) is 0 Å². The lowest BCUT2D eigenvalue weighted by atomic mass is 9.86. The Morgan fingerprint density at radius 2 is 2.40 bits per heavy atom. The van der Waals surface area contributed by atoms with Crippen LogP contribution in [-0.4, -0.2) is 24.3 Å². The van der Waals surface area contributed by atoms with E-state index < -0.39 is 5.97 Å². The van der Waals surface area contributed by atoms with Crippen molar-refractivity contribution >= 4 is 5.97 Å². The van der Waals surface area contributed by atoms with Gasteiger partial charge in [-0.15, -0.1) is 0 Å². The normalized spacial score (nSPS) is 36.3. The Balaban J connectivity index is 1.91. The highest BCUT2D eigenvalue weighted by atomic mass is 16.5. The van der Waals surface area contributed by atoms with Gasteiger partial charge in [-0.05, 0) is 38.0 Å². The molecular formula is C12H18O3. The van der Waals surface area contributed by atoms with Crippen LogP contribution in [0.1, 0.15) is 26.2 Å². The molecule has 2 aliphatic carbocycles. The van der Waals surface area contributed by atoms with Gasteiger partial charge in [-0.1, -0.05) is 11.6 Å². The Labute approximate surface area is 90.1 Å². The minimum atomic E-state index is -0.605. The molecular weight excluding hydrogens is 192 g/mol. The average Bonchev–Trinajstić information content (AvgIpc) is 2.76. The maximum atomic E-state index is 10.9. The monoisotopic (exact) mass is 210 g/mol. The number of rotatable bonds is 4. The molecule has 0 spiro atoms. The molecule has 3 heteroatoms. The largest absolute Gasteiger partial charge is 0.481 e. The minimum absolute atomic E-state index is 0.0840. The number of hydrogen-bond donors (Lipinski definition) is 1. The van der Waals surface area contributed by atoms with E-state index in [0.29, 0.717) is 18.4 Å². The summed E-state index contributed by atoms with van der Waals surface area (Å²) in [6.45, 7) is 3.42. The van der Waals surface area contributed by atoms with Gasteiger partial charge in [0, 0.05) is 6.61 Å². The molecule has 3 nitrogen and oxygen atoms in total. The van der Waals surface area contributed by atoms with E-state index in [4.69, 9.17) is 9.84 Å². The zero-order chi connectivity index (χ0) is 10.8. The molecule has 15 heavy (non-hydrogen) atoms. The molecule has 2 fully saturated rings. The van der Waals surface area contributed by atoms with Crippen LogP contribution in [0.2, 0.25) is 0 Å². The molecule has 0 heterocycles. The number of carboxylic acids is 1. The van der Waals surface area contributed by atoms with Crippen molar-refractivity contribution in [2.75, 3.05) is 13.2 Å². The molecule has 0 amide bonds. The Kier molecular flexibility index (Phi) is 3.10. The smallest absolute Gasteiger partial charge is 0.306 e. The van der Waals surface area contributed by atoms with Gasteiger partial charge in [0.15, 0.2) is 0 Å². The van der Waals surface area contributed by atoms with E-state index in [0.717, 1.165) is 25.9 Å². The Morgan fingerprint density at radius 3 is 2.93 bits per heavy atom. The van der Waals surface area contributed by atoms with Crippen LogP contribution >= 0.6 is 0 Å². The van der Waals surface area contributed by atoms with E-state index in [9.17, 15) is 4.79 Å². The zero-order valence-electron chi connectivity index (χ0n) is 9.11. The van der Waals surface area contributed by atoms with Crippen molar-refractivity contribution < 1.29 is 14.6 Å². The number of ether oxygens (including phenoxy) is 1. The Morgan fingerprint density at radius 1 is 1.60 bits per heavy atom. The quantitative estimate of drug-likeness (QED) is 0.571. The average molecular weight is 210 g/mol. The highest BCUT2D eigenvalue weighted by molar-refractivity contribution is 5.71. The molecule has 3 unspecified atom stereocenters. The summed E-state index contributed by atoms with van der Waals surface area (Å²) in [6.07, 6.45) is 5.06. The lowest BCUT2D eigenvalue weighted by molar-refractivity contribution is -0.143. The summed E-state index contributed by atoms with van der Waals surface area (Å²) in [5.74, 6) is 0.225. The summed E-state index contributed by atoms with van der Waals surface area (Å²) in [5, 5.41) is 8.99. The number of carbonyl (C=O) groups is 1. The summed E-state index contributed by atoms with van der Waals surface area (Å²) in [6, 6.07) is 0. The van der Waals surface area contributed by atoms with Crippen LogP contribution in [0.25, 0.3) is 0 Å². The van der Waals surface area contributed by atoms with E-state index >= 15 is 0 Å². The van der Waals surface area contributed by atoms with Crippen LogP contribution in [0, 0.1) is 17.8 Å². The predicted octanol–water partition coefficient (Wildman–Crippen LogP) is 2.08. The molecule has 0 aromatic carbocycles. The highest BCUT2D eigenvalue weighted by Crippen LogP contribution is 2.51. The summed E-state index contributed by atoms with van der Waals surface area (Å²) >= 11 is 0. The van der Waals surface area contributed by atoms with Crippen molar-refractivity contribution in [2.24, 2.45) is 17.8 Å². The van der Waals surface area contributed by atoms with Crippen molar-refractivity contribution in [1.29, 1.82) is 0 Å². The van der Waals surface area contributed by atoms with Gasteiger partial charge in [0.1, 0.15) is 0 Å². The molecule has 2 saturated carbocycles. The van der Waals surface area contributed by atoms with Crippen molar-refractivity contribution in [2.45, 2.75) is 26.2 Å². The van der Waals surface area contributed by atoms with Crippen LogP contribution in [0.4, 0.5) is 0 Å². The summed E-state index contributed by atoms with van der Waals surface area (Å²) in [5.41, 5.74) is 1.44. The van der Waals surface area contributed by atoms with Crippen LogP contribution in [0.5, 0.6) is 0 Å². The SMILES string of the molecule is CCOCC=C1CC2CC1CC2C(=O)O. The first-order valence-corrected chi connectivity index (χ1v) is 5.71. The van der Waals surface area contributed by atoms with E-state index in [1.807, 2.05) is 6.92 Å². The second kappa shape index (κ2) is 4.35. The number of hydrogen-bond acceptors (Lipinski definition) is 2. The van der Waals surface area contributed by atoms with E-state index in [-0.39, 0.29) is 5.92 Å². The maximum Gasteiger partial charge on any atom is 0.306 e. The van der Waals surface area contributed by atoms with E-state index in [1.54, 1.807) is 0 Å². The van der Waals surface area contributed by atoms with Crippen LogP contribution in [-0.2, 0) is 9.53 Å². The van der Waals surface area contributed by atoms with E-state index in [2.05, 4.69) is 6.08 Å². The first-order chi connectivity index (χ1) is 7.22. The molecule has 1 N–H and O–H groups in total. The third-order valence-electron chi connectivity index (χ3n) is 3.70. The topological polar surface area (TPSA) is 46.5 Å².